The van der Waals surface area contributed by atoms with Gasteiger partial charge in [-0.15, -0.1) is 11.8 Å². The van der Waals surface area contributed by atoms with Crippen LogP contribution in [0.3, 0.4) is 0 Å². The molecule has 0 radical (unpaired) electrons. The number of hydrogen-bond acceptors (Lipinski definition) is 2. The van der Waals surface area contributed by atoms with Gasteiger partial charge >= 0.3 is 6.18 Å². The second-order valence-corrected chi connectivity index (χ2v) is 4.82. The average Bonchev–Trinajstić information content (AvgIpc) is 2.63. The Balaban J connectivity index is 2.41. The highest BCUT2D eigenvalue weighted by atomic mass is 35.5. The summed E-state index contributed by atoms with van der Waals surface area (Å²) < 4.78 is 37.9. The van der Waals surface area contributed by atoms with E-state index in [9.17, 15) is 18.0 Å². The van der Waals surface area contributed by atoms with Crippen molar-refractivity contribution in [3.63, 3.8) is 0 Å². The molecule has 1 heterocycles. The van der Waals surface area contributed by atoms with Crippen molar-refractivity contribution in [1.29, 1.82) is 0 Å². The van der Waals surface area contributed by atoms with Gasteiger partial charge in [0.2, 0.25) is 5.91 Å². The number of hydrogen-bond donors (Lipinski definition) is 0. The smallest absolute Gasteiger partial charge is 0.302 e. The van der Waals surface area contributed by atoms with Gasteiger partial charge in [0.1, 0.15) is 0 Å². The molecule has 1 aliphatic heterocycles. The van der Waals surface area contributed by atoms with Gasteiger partial charge in [-0.3, -0.25) is 4.79 Å². The molecule has 0 aliphatic carbocycles. The first-order chi connectivity index (χ1) is 7.89. The maximum atomic E-state index is 12.6. The molecular weight excluding hydrogens is 275 g/mol. The lowest BCUT2D eigenvalue weighted by Gasteiger charge is -2.17. The quantitative estimate of drug-likeness (QED) is 0.786. The van der Waals surface area contributed by atoms with Crippen LogP contribution in [0.4, 0.5) is 18.9 Å². The van der Waals surface area contributed by atoms with Gasteiger partial charge in [-0.2, -0.15) is 13.2 Å². The van der Waals surface area contributed by atoms with Crippen LogP contribution in [0, 0.1) is 0 Å². The van der Waals surface area contributed by atoms with Crippen molar-refractivity contribution in [3.05, 3.63) is 28.8 Å². The largest absolute Gasteiger partial charge is 0.417 e. The molecule has 1 amide bonds. The maximum Gasteiger partial charge on any atom is 0.417 e. The lowest BCUT2D eigenvalue weighted by atomic mass is 10.2. The molecule has 0 bridgehead atoms. The summed E-state index contributed by atoms with van der Waals surface area (Å²) in [7, 11) is 0. The SMILES string of the molecule is O=C1CSCN1c1ccc(Cl)c(C(F)(F)F)c1. The first-order valence-corrected chi connectivity index (χ1v) is 6.18. The number of thioether (sulfide) groups is 1. The van der Waals surface area contributed by atoms with Crippen LogP contribution in [-0.4, -0.2) is 17.5 Å². The summed E-state index contributed by atoms with van der Waals surface area (Å²) in [6, 6.07) is 3.49. The van der Waals surface area contributed by atoms with Gasteiger partial charge in [0.25, 0.3) is 0 Å². The van der Waals surface area contributed by atoms with E-state index in [2.05, 4.69) is 0 Å². The van der Waals surface area contributed by atoms with Crippen LogP contribution in [0.5, 0.6) is 0 Å². The van der Waals surface area contributed by atoms with Crippen LogP contribution in [0.2, 0.25) is 5.02 Å². The van der Waals surface area contributed by atoms with E-state index in [1.54, 1.807) is 0 Å². The van der Waals surface area contributed by atoms with Crippen LogP contribution in [0.25, 0.3) is 0 Å². The lowest BCUT2D eigenvalue weighted by molar-refractivity contribution is -0.137. The second-order valence-electron chi connectivity index (χ2n) is 3.46. The third kappa shape index (κ3) is 2.52. The molecule has 0 aromatic heterocycles. The molecule has 1 aromatic carbocycles. The molecular formula is C10H7ClF3NOS. The number of carbonyl (C=O) groups excluding carboxylic acids is 1. The fourth-order valence-electron chi connectivity index (χ4n) is 1.49. The Labute approximate surface area is 105 Å². The van der Waals surface area contributed by atoms with Crippen LogP contribution >= 0.6 is 23.4 Å². The third-order valence-corrected chi connectivity index (χ3v) is 3.54. The zero-order valence-corrected chi connectivity index (χ0v) is 9.99. The fourth-order valence-corrected chi connectivity index (χ4v) is 2.61. The van der Waals surface area contributed by atoms with Crippen LogP contribution in [0.15, 0.2) is 18.2 Å². The molecule has 92 valence electrons. The zero-order valence-electron chi connectivity index (χ0n) is 8.42. The second kappa shape index (κ2) is 4.42. The predicted molar refractivity (Wildman–Crippen MR) is 61.3 cm³/mol. The summed E-state index contributed by atoms with van der Waals surface area (Å²) in [4.78, 5) is 12.7. The van der Waals surface area contributed by atoms with Gasteiger partial charge in [0.05, 0.1) is 22.2 Å². The molecule has 1 aliphatic rings. The first kappa shape index (κ1) is 12.6. The normalized spacial score (nSPS) is 16.7. The number of halogens is 4. The molecule has 0 unspecified atom stereocenters. The minimum absolute atomic E-state index is 0.189. The van der Waals surface area contributed by atoms with Gasteiger partial charge < -0.3 is 4.90 Å². The summed E-state index contributed by atoms with van der Waals surface area (Å²) in [5.74, 6) is 0.479. The number of rotatable bonds is 1. The fraction of sp³-hybridized carbons (Fsp3) is 0.300. The van der Waals surface area contributed by atoms with Crippen molar-refractivity contribution < 1.29 is 18.0 Å². The number of carbonyl (C=O) groups is 1. The van der Waals surface area contributed by atoms with E-state index >= 15 is 0 Å². The van der Waals surface area contributed by atoms with E-state index in [1.807, 2.05) is 0 Å². The van der Waals surface area contributed by atoms with E-state index in [1.165, 1.54) is 22.7 Å². The number of amides is 1. The van der Waals surface area contributed by atoms with E-state index in [4.69, 9.17) is 11.6 Å². The summed E-state index contributed by atoms with van der Waals surface area (Å²) in [5, 5.41) is -0.361. The van der Waals surface area contributed by atoms with Crippen molar-refractivity contribution in [3.8, 4) is 0 Å². The Hall–Kier alpha value is -0.880. The summed E-state index contributed by atoms with van der Waals surface area (Å²) >= 11 is 6.86. The van der Waals surface area contributed by atoms with E-state index in [0.717, 1.165) is 12.1 Å². The van der Waals surface area contributed by atoms with Gasteiger partial charge in [0.15, 0.2) is 0 Å². The number of alkyl halides is 3. The standard InChI is InChI=1S/C10H7ClF3NOS/c11-8-2-1-6(3-7(8)10(12,13)14)15-5-17-4-9(15)16/h1-3H,4-5H2. The molecule has 0 saturated carbocycles. The van der Waals surface area contributed by atoms with Crippen LogP contribution in [0.1, 0.15) is 5.56 Å². The van der Waals surface area contributed by atoms with E-state index in [-0.39, 0.29) is 16.6 Å². The molecule has 0 N–H and O–H groups in total. The van der Waals surface area contributed by atoms with Crippen LogP contribution < -0.4 is 4.90 Å². The maximum absolute atomic E-state index is 12.6. The molecule has 1 fully saturated rings. The lowest BCUT2D eigenvalue weighted by Crippen LogP contribution is -2.25. The number of anilines is 1. The van der Waals surface area contributed by atoms with Gasteiger partial charge in [0, 0.05) is 5.69 Å². The summed E-state index contributed by atoms with van der Waals surface area (Å²) in [6.07, 6.45) is -4.51. The van der Waals surface area contributed by atoms with Crippen molar-refractivity contribution in [2.24, 2.45) is 0 Å². The molecule has 0 spiro atoms. The van der Waals surface area contributed by atoms with Crippen molar-refractivity contribution in [2.75, 3.05) is 16.5 Å². The van der Waals surface area contributed by atoms with Crippen molar-refractivity contribution >= 4 is 35.0 Å². The Bertz CT molecular complexity index is 463. The first-order valence-electron chi connectivity index (χ1n) is 4.64. The Morgan fingerprint density at radius 2 is 2.06 bits per heavy atom. The summed E-state index contributed by atoms with van der Waals surface area (Å²) in [6.45, 7) is 0. The molecule has 17 heavy (non-hydrogen) atoms. The molecule has 7 heteroatoms. The number of benzene rings is 1. The molecule has 1 aromatic rings. The van der Waals surface area contributed by atoms with Crippen molar-refractivity contribution in [1.82, 2.24) is 0 Å². The Morgan fingerprint density at radius 1 is 1.35 bits per heavy atom. The molecule has 2 rings (SSSR count). The zero-order chi connectivity index (χ0) is 12.6. The topological polar surface area (TPSA) is 20.3 Å². The summed E-state index contributed by atoms with van der Waals surface area (Å²) in [5.41, 5.74) is -0.682. The Morgan fingerprint density at radius 3 is 2.59 bits per heavy atom. The van der Waals surface area contributed by atoms with E-state index < -0.39 is 11.7 Å². The van der Waals surface area contributed by atoms with Gasteiger partial charge in [-0.1, -0.05) is 11.6 Å². The monoisotopic (exact) mass is 281 g/mol. The van der Waals surface area contributed by atoms with Gasteiger partial charge in [-0.05, 0) is 18.2 Å². The Kier molecular flexibility index (Phi) is 3.27. The minimum atomic E-state index is -4.51. The minimum Gasteiger partial charge on any atom is -0.302 e. The highest BCUT2D eigenvalue weighted by Gasteiger charge is 2.34. The molecule has 1 saturated heterocycles. The average molecular weight is 282 g/mol. The van der Waals surface area contributed by atoms with Gasteiger partial charge in [-0.25, -0.2) is 0 Å². The predicted octanol–water partition coefficient (Wildman–Crippen LogP) is 3.40. The van der Waals surface area contributed by atoms with E-state index in [0.29, 0.717) is 11.6 Å². The highest BCUT2D eigenvalue weighted by molar-refractivity contribution is 8.00. The third-order valence-electron chi connectivity index (χ3n) is 2.31. The highest BCUT2D eigenvalue weighted by Crippen LogP contribution is 2.37. The van der Waals surface area contributed by atoms with Crippen LogP contribution in [-0.2, 0) is 11.0 Å². The molecule has 2 nitrogen and oxygen atoms in total. The van der Waals surface area contributed by atoms with Crippen molar-refractivity contribution in [2.45, 2.75) is 6.18 Å². The molecule has 0 atom stereocenters. The number of nitrogens with zero attached hydrogens (tertiary/aromatic N) is 1.